The standard InChI is InChI=1S/C12H15BrClN5/c1-3-6-15-8(2)12-16-17-18-19(12)11-5-4-9(14)7-10(11)13/h4-5,7-8,15H,3,6H2,1-2H3. The molecule has 0 amide bonds. The van der Waals surface area contributed by atoms with Gasteiger partial charge in [0, 0.05) is 9.50 Å². The highest BCUT2D eigenvalue weighted by atomic mass is 79.9. The van der Waals surface area contributed by atoms with Crippen LogP contribution in [0.25, 0.3) is 5.69 Å². The van der Waals surface area contributed by atoms with Crippen molar-refractivity contribution in [1.82, 2.24) is 25.5 Å². The van der Waals surface area contributed by atoms with E-state index in [1.165, 1.54) is 0 Å². The van der Waals surface area contributed by atoms with Crippen LogP contribution in [0.4, 0.5) is 0 Å². The van der Waals surface area contributed by atoms with E-state index in [9.17, 15) is 0 Å². The molecule has 0 spiro atoms. The lowest BCUT2D eigenvalue weighted by Gasteiger charge is -2.13. The van der Waals surface area contributed by atoms with Gasteiger partial charge in [-0.25, -0.2) is 0 Å². The molecule has 1 aromatic carbocycles. The van der Waals surface area contributed by atoms with E-state index in [-0.39, 0.29) is 6.04 Å². The molecule has 0 aliphatic heterocycles. The number of aromatic nitrogens is 4. The van der Waals surface area contributed by atoms with E-state index in [1.807, 2.05) is 25.1 Å². The Morgan fingerprint density at radius 3 is 2.95 bits per heavy atom. The van der Waals surface area contributed by atoms with Gasteiger partial charge in [-0.3, -0.25) is 0 Å². The van der Waals surface area contributed by atoms with Gasteiger partial charge in [0.05, 0.1) is 11.7 Å². The summed E-state index contributed by atoms with van der Waals surface area (Å²) in [5.41, 5.74) is 0.870. The van der Waals surface area contributed by atoms with Crippen LogP contribution in [0.5, 0.6) is 0 Å². The Kier molecular flexibility index (Phi) is 4.90. The molecule has 5 nitrogen and oxygen atoms in total. The minimum Gasteiger partial charge on any atom is -0.307 e. The maximum Gasteiger partial charge on any atom is 0.173 e. The summed E-state index contributed by atoms with van der Waals surface area (Å²) in [6, 6.07) is 5.61. The summed E-state index contributed by atoms with van der Waals surface area (Å²) in [5, 5.41) is 15.9. The Morgan fingerprint density at radius 1 is 1.47 bits per heavy atom. The molecule has 0 radical (unpaired) electrons. The van der Waals surface area contributed by atoms with Crippen LogP contribution >= 0.6 is 27.5 Å². The van der Waals surface area contributed by atoms with E-state index >= 15 is 0 Å². The predicted molar refractivity (Wildman–Crippen MR) is 78.6 cm³/mol. The van der Waals surface area contributed by atoms with Crippen LogP contribution in [0.3, 0.4) is 0 Å². The van der Waals surface area contributed by atoms with Crippen molar-refractivity contribution in [3.05, 3.63) is 33.5 Å². The monoisotopic (exact) mass is 343 g/mol. The summed E-state index contributed by atoms with van der Waals surface area (Å²) in [6.45, 7) is 5.09. The Balaban J connectivity index is 2.33. The Hall–Kier alpha value is -0.980. The van der Waals surface area contributed by atoms with Gasteiger partial charge >= 0.3 is 0 Å². The summed E-state index contributed by atoms with van der Waals surface area (Å²) in [4.78, 5) is 0. The molecule has 0 saturated heterocycles. The van der Waals surface area contributed by atoms with Crippen molar-refractivity contribution in [2.75, 3.05) is 6.54 Å². The summed E-state index contributed by atoms with van der Waals surface area (Å²) in [6.07, 6.45) is 1.07. The molecule has 1 aromatic heterocycles. The minimum atomic E-state index is 0.0810. The molecule has 0 aliphatic carbocycles. The molecular formula is C12H15BrClN5. The second kappa shape index (κ2) is 6.45. The lowest BCUT2D eigenvalue weighted by Crippen LogP contribution is -2.22. The summed E-state index contributed by atoms with van der Waals surface area (Å²) < 4.78 is 2.57. The third-order valence-corrected chi connectivity index (χ3v) is 3.59. The van der Waals surface area contributed by atoms with Gasteiger partial charge in [0.25, 0.3) is 0 Å². The van der Waals surface area contributed by atoms with Crippen molar-refractivity contribution in [3.8, 4) is 5.69 Å². The molecule has 0 aliphatic rings. The average molecular weight is 345 g/mol. The molecule has 1 unspecified atom stereocenters. The molecule has 0 saturated carbocycles. The number of hydrogen-bond donors (Lipinski definition) is 1. The normalized spacial score (nSPS) is 12.6. The topological polar surface area (TPSA) is 55.6 Å². The quantitative estimate of drug-likeness (QED) is 0.905. The molecule has 1 atom stereocenters. The van der Waals surface area contributed by atoms with Crippen molar-refractivity contribution in [3.63, 3.8) is 0 Å². The second-order valence-corrected chi connectivity index (χ2v) is 5.51. The zero-order valence-corrected chi connectivity index (χ0v) is 13.1. The summed E-state index contributed by atoms with van der Waals surface area (Å²) in [5.74, 6) is 0.775. The van der Waals surface area contributed by atoms with Gasteiger partial charge in [-0.05, 0) is 64.4 Å². The summed E-state index contributed by atoms with van der Waals surface area (Å²) >= 11 is 9.43. The van der Waals surface area contributed by atoms with Crippen molar-refractivity contribution >= 4 is 27.5 Å². The first kappa shape index (κ1) is 14.4. The third-order valence-electron chi connectivity index (χ3n) is 2.72. The van der Waals surface area contributed by atoms with Crippen molar-refractivity contribution < 1.29 is 0 Å². The molecule has 102 valence electrons. The van der Waals surface area contributed by atoms with E-state index < -0.39 is 0 Å². The second-order valence-electron chi connectivity index (χ2n) is 4.22. The molecule has 2 rings (SSSR count). The Morgan fingerprint density at radius 2 is 2.26 bits per heavy atom. The van der Waals surface area contributed by atoms with Crippen LogP contribution in [0.15, 0.2) is 22.7 Å². The molecule has 7 heteroatoms. The number of nitrogens with one attached hydrogen (secondary N) is 1. The molecular weight excluding hydrogens is 330 g/mol. The van der Waals surface area contributed by atoms with Crippen LogP contribution in [0.1, 0.15) is 32.1 Å². The van der Waals surface area contributed by atoms with Crippen molar-refractivity contribution in [2.24, 2.45) is 0 Å². The fourth-order valence-corrected chi connectivity index (χ4v) is 2.59. The lowest BCUT2D eigenvalue weighted by molar-refractivity contribution is 0.531. The molecule has 0 fully saturated rings. The van der Waals surface area contributed by atoms with Crippen molar-refractivity contribution in [1.29, 1.82) is 0 Å². The van der Waals surface area contributed by atoms with E-state index in [4.69, 9.17) is 11.6 Å². The highest BCUT2D eigenvalue weighted by Gasteiger charge is 2.16. The van der Waals surface area contributed by atoms with Gasteiger partial charge < -0.3 is 5.32 Å². The fourth-order valence-electron chi connectivity index (χ4n) is 1.74. The Bertz CT molecular complexity index is 557. The van der Waals surface area contributed by atoms with Crippen LogP contribution in [0.2, 0.25) is 5.02 Å². The number of halogens is 2. The van der Waals surface area contributed by atoms with Gasteiger partial charge in [-0.15, -0.1) is 5.10 Å². The van der Waals surface area contributed by atoms with Gasteiger partial charge in [0.15, 0.2) is 5.82 Å². The molecule has 1 heterocycles. The lowest BCUT2D eigenvalue weighted by atomic mass is 10.2. The smallest absolute Gasteiger partial charge is 0.173 e. The van der Waals surface area contributed by atoms with Gasteiger partial charge in [-0.1, -0.05) is 18.5 Å². The number of benzene rings is 1. The van der Waals surface area contributed by atoms with Gasteiger partial charge in [0.2, 0.25) is 0 Å². The Labute approximate surface area is 125 Å². The highest BCUT2D eigenvalue weighted by Crippen LogP contribution is 2.25. The molecule has 1 N–H and O–H groups in total. The third kappa shape index (κ3) is 3.32. The minimum absolute atomic E-state index is 0.0810. The number of tetrazole rings is 1. The first-order valence-corrected chi connectivity index (χ1v) is 7.27. The van der Waals surface area contributed by atoms with Crippen LogP contribution in [-0.2, 0) is 0 Å². The maximum absolute atomic E-state index is 5.95. The van der Waals surface area contributed by atoms with Gasteiger partial charge in [-0.2, -0.15) is 4.68 Å². The average Bonchev–Trinajstić information content (AvgIpc) is 2.85. The molecule has 2 aromatic rings. The van der Waals surface area contributed by atoms with E-state index in [0.717, 1.165) is 29.0 Å². The summed E-state index contributed by atoms with van der Waals surface area (Å²) in [7, 11) is 0. The zero-order chi connectivity index (χ0) is 13.8. The van der Waals surface area contributed by atoms with Crippen molar-refractivity contribution in [2.45, 2.75) is 26.3 Å². The first-order valence-electron chi connectivity index (χ1n) is 6.10. The number of nitrogens with zero attached hydrogens (tertiary/aromatic N) is 4. The van der Waals surface area contributed by atoms with Gasteiger partial charge in [0.1, 0.15) is 0 Å². The predicted octanol–water partition coefficient (Wildman–Crippen LogP) is 3.14. The number of hydrogen-bond acceptors (Lipinski definition) is 4. The zero-order valence-electron chi connectivity index (χ0n) is 10.8. The highest BCUT2D eigenvalue weighted by molar-refractivity contribution is 9.10. The van der Waals surface area contributed by atoms with Crippen LogP contribution in [-0.4, -0.2) is 26.8 Å². The van der Waals surface area contributed by atoms with Crippen LogP contribution < -0.4 is 5.32 Å². The van der Waals surface area contributed by atoms with E-state index in [0.29, 0.717) is 5.02 Å². The SMILES string of the molecule is CCCNC(C)c1nnnn1-c1ccc(Cl)cc1Br. The molecule has 19 heavy (non-hydrogen) atoms. The van der Waals surface area contributed by atoms with E-state index in [2.05, 4.69) is 43.7 Å². The maximum atomic E-state index is 5.95. The molecule has 0 bridgehead atoms. The largest absolute Gasteiger partial charge is 0.307 e. The van der Waals surface area contributed by atoms with Crippen LogP contribution in [0, 0.1) is 0 Å². The van der Waals surface area contributed by atoms with E-state index in [1.54, 1.807) is 4.68 Å². The fraction of sp³-hybridized carbons (Fsp3) is 0.417. The first-order chi connectivity index (χ1) is 9.13. The number of rotatable bonds is 5.